The Hall–Kier alpha value is -5.94. The molecule has 24 heteroatoms. The lowest BCUT2D eigenvalue weighted by Gasteiger charge is -2.41. The molecule has 1 heterocycles. The summed E-state index contributed by atoms with van der Waals surface area (Å²) in [5, 5.41) is 22.4. The van der Waals surface area contributed by atoms with Crippen molar-refractivity contribution >= 4 is 65.0 Å². The van der Waals surface area contributed by atoms with Gasteiger partial charge in [-0.25, -0.2) is 0 Å². The van der Waals surface area contributed by atoms with Crippen molar-refractivity contribution in [1.29, 1.82) is 0 Å². The molecular formula is C59H106FN11O12. The molecule has 23 nitrogen and oxygen atoms in total. The largest absolute Gasteiger partial charge is 0.390 e. The third-order valence-electron chi connectivity index (χ3n) is 15.6. The van der Waals surface area contributed by atoms with Crippen LogP contribution in [0.1, 0.15) is 143 Å². The lowest BCUT2D eigenvalue weighted by atomic mass is 9.93. The zero-order valence-electron chi connectivity index (χ0n) is 54.3. The Kier molecular flexibility index (Phi) is 30.3. The van der Waals surface area contributed by atoms with Gasteiger partial charge in [-0.3, -0.25) is 57.1 Å². The maximum Gasteiger partial charge on any atom is 0.246 e. The topological polar surface area (TPSA) is 279 Å². The van der Waals surface area contributed by atoms with Crippen LogP contribution in [0.15, 0.2) is 0 Å². The van der Waals surface area contributed by atoms with Crippen molar-refractivity contribution in [3.63, 3.8) is 0 Å². The van der Waals surface area contributed by atoms with Crippen LogP contribution < -0.4 is 21.3 Å². The van der Waals surface area contributed by atoms with Crippen LogP contribution in [0.3, 0.4) is 0 Å². The molecule has 11 amide bonds. The Balaban J connectivity index is 4.28. The molecule has 1 aliphatic heterocycles. The van der Waals surface area contributed by atoms with Gasteiger partial charge in [0.25, 0.3) is 0 Å². The average molecular weight is 1180 g/mol. The standard InChI is InChI=1S/C59H106FN11O12/c1-24-40-55(79)65(17)30-45(72)66(18)41(25-31(2)3)52(76)64-46(35(10)11)58(82)67(19)42(26-32(4)5)51(75)61-38(15)50(74)62-39(16)54(78)68(20)43(27-33(6)7)56(80)69(21)44(28-34(8)9)57(81)70(22)47(36(12)13)59(83)71(23)48(53(77)63-40)49(73)37(14)29-60/h31-44,46-49,73H,24-30H2,1-23H3,(H,61,75)(H,62,74)(H,63,77)(H,64,76)/t37-,38-,39+,40-,41-,42-,43-,44-,46-,47-,48?,49+/m0/s1. The van der Waals surface area contributed by atoms with Crippen LogP contribution in [-0.4, -0.2) is 233 Å². The third-order valence-corrected chi connectivity index (χ3v) is 15.6. The second-order valence-electron chi connectivity index (χ2n) is 25.4. The van der Waals surface area contributed by atoms with Crippen LogP contribution in [0.5, 0.6) is 0 Å². The number of aliphatic hydroxyl groups is 1. The lowest BCUT2D eigenvalue weighted by Crippen LogP contribution is -2.63. The highest BCUT2D eigenvalue weighted by Crippen LogP contribution is 2.25. The van der Waals surface area contributed by atoms with Gasteiger partial charge in [-0.2, -0.15) is 0 Å². The van der Waals surface area contributed by atoms with Gasteiger partial charge >= 0.3 is 0 Å². The van der Waals surface area contributed by atoms with Gasteiger partial charge in [-0.05, 0) is 81.5 Å². The SMILES string of the molecule is CC[C@@H]1NC(=O)C([C@H](O)[C@@H](C)CF)N(C)C(=O)[C@H](C(C)C)N(C)C(=O)[C@H](CC(C)C)N(C)C(=O)[C@H](CC(C)C)N(C)C(=O)[C@@H](C)NC(=O)[C@H](C)NC(=O)[C@H](CC(C)C)N(C)C(=O)[C@H](C(C)C)NC(=O)[C@H](CC(C)C)N(C)C(=O)CN(C)C1=O. The summed E-state index contributed by atoms with van der Waals surface area (Å²) in [6.07, 6.45) is -1.35. The zero-order chi connectivity index (χ0) is 64.6. The number of aliphatic hydroxyl groups excluding tert-OH is 1. The van der Waals surface area contributed by atoms with Crippen LogP contribution in [-0.2, 0) is 52.7 Å². The second-order valence-corrected chi connectivity index (χ2v) is 25.4. The molecule has 5 N–H and O–H groups in total. The lowest BCUT2D eigenvalue weighted by molar-refractivity contribution is -0.157. The maximum absolute atomic E-state index is 15.0. The fourth-order valence-corrected chi connectivity index (χ4v) is 10.3. The second kappa shape index (κ2) is 33.5. The molecule has 0 radical (unpaired) electrons. The third kappa shape index (κ3) is 20.7. The Morgan fingerprint density at radius 1 is 0.446 bits per heavy atom. The fraction of sp³-hybridized carbons (Fsp3) is 0.814. The number of alkyl halides is 1. The highest BCUT2D eigenvalue weighted by molar-refractivity contribution is 5.99. The first-order valence-electron chi connectivity index (χ1n) is 29.5. The molecule has 1 aliphatic rings. The summed E-state index contributed by atoms with van der Waals surface area (Å²) in [5.74, 6) is -11.0. The number of carbonyl (C=O) groups is 11. The number of carbonyl (C=O) groups excluding carboxylic acids is 11. The quantitative estimate of drug-likeness (QED) is 0.168. The van der Waals surface area contributed by atoms with E-state index in [0.717, 1.165) is 9.80 Å². The van der Waals surface area contributed by atoms with Crippen LogP contribution >= 0.6 is 0 Å². The maximum atomic E-state index is 15.0. The Bertz CT molecular complexity index is 2250. The van der Waals surface area contributed by atoms with Crippen LogP contribution in [0.2, 0.25) is 0 Å². The summed E-state index contributed by atoms with van der Waals surface area (Å²) in [7, 11) is 9.58. The monoisotopic (exact) mass is 1180 g/mol. The van der Waals surface area contributed by atoms with E-state index in [0.29, 0.717) is 0 Å². The van der Waals surface area contributed by atoms with Crippen molar-refractivity contribution in [3.8, 4) is 0 Å². The van der Waals surface area contributed by atoms with E-state index in [1.54, 1.807) is 34.6 Å². The molecule has 12 atom stereocenters. The van der Waals surface area contributed by atoms with Crippen LogP contribution in [0.4, 0.5) is 4.39 Å². The van der Waals surface area contributed by atoms with Crippen molar-refractivity contribution in [2.24, 2.45) is 41.4 Å². The molecule has 0 bridgehead atoms. The van der Waals surface area contributed by atoms with E-state index in [2.05, 4.69) is 21.3 Å². The predicted molar refractivity (Wildman–Crippen MR) is 315 cm³/mol. The summed E-state index contributed by atoms with van der Waals surface area (Å²) in [5.41, 5.74) is 0. The molecule has 1 fully saturated rings. The van der Waals surface area contributed by atoms with E-state index >= 15 is 0 Å². The van der Waals surface area contributed by atoms with E-state index in [4.69, 9.17) is 0 Å². The van der Waals surface area contributed by atoms with Gasteiger partial charge < -0.3 is 60.7 Å². The smallest absolute Gasteiger partial charge is 0.246 e. The number of halogens is 1. The number of likely N-dealkylation sites (N-methyl/N-ethyl adjacent to an activating group) is 7. The highest BCUT2D eigenvalue weighted by Gasteiger charge is 2.46. The number of rotatable bonds is 14. The van der Waals surface area contributed by atoms with E-state index < -0.39 is 162 Å². The van der Waals surface area contributed by atoms with E-state index in [-0.39, 0.29) is 55.8 Å². The minimum atomic E-state index is -1.83. The van der Waals surface area contributed by atoms with Crippen molar-refractivity contribution in [3.05, 3.63) is 0 Å². The molecule has 1 saturated heterocycles. The fourth-order valence-electron chi connectivity index (χ4n) is 10.3. The average Bonchev–Trinajstić information content (AvgIpc) is 3.51. The summed E-state index contributed by atoms with van der Waals surface area (Å²) in [6.45, 7) is 25.6. The molecule has 1 rings (SSSR count). The number of nitrogens with one attached hydrogen (secondary N) is 4. The minimum absolute atomic E-state index is 0.0421. The first-order valence-corrected chi connectivity index (χ1v) is 29.5. The summed E-state index contributed by atoms with van der Waals surface area (Å²) in [4.78, 5) is 167. The van der Waals surface area contributed by atoms with Crippen LogP contribution in [0.25, 0.3) is 0 Å². The van der Waals surface area contributed by atoms with Gasteiger partial charge in [0.1, 0.15) is 60.4 Å². The molecule has 0 aromatic rings. The van der Waals surface area contributed by atoms with Crippen molar-refractivity contribution in [2.45, 2.75) is 209 Å². The molecule has 0 saturated carbocycles. The van der Waals surface area contributed by atoms with Gasteiger partial charge in [0, 0.05) is 55.3 Å². The van der Waals surface area contributed by atoms with Gasteiger partial charge in [-0.15, -0.1) is 0 Å². The molecule has 0 aromatic carbocycles. The Labute approximate surface area is 494 Å². The molecule has 1 unspecified atom stereocenters. The van der Waals surface area contributed by atoms with E-state index in [1.165, 1.54) is 94.6 Å². The molecule has 0 aliphatic carbocycles. The predicted octanol–water partition coefficient (Wildman–Crippen LogP) is 2.27. The highest BCUT2D eigenvalue weighted by atomic mass is 19.1. The summed E-state index contributed by atoms with van der Waals surface area (Å²) >= 11 is 0. The molecule has 0 aromatic heterocycles. The van der Waals surface area contributed by atoms with Crippen LogP contribution in [0, 0.1) is 41.4 Å². The van der Waals surface area contributed by atoms with Gasteiger partial charge in [-0.1, -0.05) is 96.9 Å². The van der Waals surface area contributed by atoms with Gasteiger partial charge in [0.05, 0.1) is 19.3 Å². The van der Waals surface area contributed by atoms with E-state index in [1.807, 2.05) is 55.4 Å². The van der Waals surface area contributed by atoms with Gasteiger partial charge in [0.2, 0.25) is 65.0 Å². The number of hydrogen-bond donors (Lipinski definition) is 5. The first-order chi connectivity index (χ1) is 38.2. The number of hydrogen-bond acceptors (Lipinski definition) is 12. The Morgan fingerprint density at radius 2 is 0.843 bits per heavy atom. The van der Waals surface area contributed by atoms with Gasteiger partial charge in [0.15, 0.2) is 0 Å². The van der Waals surface area contributed by atoms with Crippen molar-refractivity contribution < 1.29 is 62.2 Å². The Morgan fingerprint density at radius 3 is 1.28 bits per heavy atom. The molecule has 476 valence electrons. The molecule has 0 spiro atoms. The van der Waals surface area contributed by atoms with Crippen molar-refractivity contribution in [2.75, 3.05) is 62.6 Å². The molecule has 83 heavy (non-hydrogen) atoms. The summed E-state index contributed by atoms with van der Waals surface area (Å²) < 4.78 is 14.4. The first kappa shape index (κ1) is 75.1. The zero-order valence-corrected chi connectivity index (χ0v) is 54.3. The normalized spacial score (nSPS) is 27.2. The number of nitrogens with zero attached hydrogens (tertiary/aromatic N) is 7. The van der Waals surface area contributed by atoms with E-state index in [9.17, 15) is 62.2 Å². The summed E-state index contributed by atoms with van der Waals surface area (Å²) in [6, 6.07) is -12.8. The number of amides is 11. The molecular weight excluding hydrogens is 1070 g/mol. The van der Waals surface area contributed by atoms with Crippen molar-refractivity contribution in [1.82, 2.24) is 55.6 Å². The minimum Gasteiger partial charge on any atom is -0.390 e.